The molecule has 0 saturated heterocycles. The van der Waals surface area contributed by atoms with Gasteiger partial charge in [-0.1, -0.05) is 0 Å². The smallest absolute Gasteiger partial charge is 0.121 e. The van der Waals surface area contributed by atoms with E-state index in [0.717, 1.165) is 16.7 Å². The molecule has 0 aromatic heterocycles. The van der Waals surface area contributed by atoms with Gasteiger partial charge in [0.25, 0.3) is 0 Å². The maximum Gasteiger partial charge on any atom is 0.121 e. The zero-order valence-electron chi connectivity index (χ0n) is 7.70. The first kappa shape index (κ1) is 9.34. The van der Waals surface area contributed by atoms with Crippen LogP contribution in [-0.4, -0.2) is 5.11 Å². The Morgan fingerprint density at radius 2 is 1.85 bits per heavy atom. The third kappa shape index (κ3) is 2.09. The van der Waals surface area contributed by atoms with Gasteiger partial charge in [-0.05, 0) is 48.7 Å². The van der Waals surface area contributed by atoms with E-state index in [9.17, 15) is 5.11 Å². The van der Waals surface area contributed by atoms with Crippen molar-refractivity contribution in [3.8, 4) is 11.8 Å². The molecule has 0 aliphatic carbocycles. The highest BCUT2D eigenvalue weighted by atomic mass is 16.3. The van der Waals surface area contributed by atoms with E-state index in [1.54, 1.807) is 6.08 Å². The number of hydrogen-bond acceptors (Lipinski definition) is 2. The molecule has 2 heteroatoms. The lowest BCUT2D eigenvalue weighted by molar-refractivity contribution is 0.467. The van der Waals surface area contributed by atoms with Crippen molar-refractivity contribution in [3.05, 3.63) is 34.9 Å². The Hall–Kier alpha value is -1.75. The number of rotatable bonds is 1. The highest BCUT2D eigenvalue weighted by Gasteiger charge is 2.00. The Labute approximate surface area is 77.8 Å². The predicted molar refractivity (Wildman–Crippen MR) is 52.2 cm³/mol. The second kappa shape index (κ2) is 3.77. The first-order chi connectivity index (χ1) is 6.15. The summed E-state index contributed by atoms with van der Waals surface area (Å²) in [5.41, 5.74) is 2.60. The second-order valence-electron chi connectivity index (χ2n) is 2.97. The molecule has 0 fully saturated rings. The van der Waals surface area contributed by atoms with Crippen LogP contribution in [0, 0.1) is 25.2 Å². The minimum absolute atomic E-state index is 0.328. The number of phenols is 1. The molecule has 1 aromatic rings. The minimum atomic E-state index is 0.328. The van der Waals surface area contributed by atoms with Gasteiger partial charge in [-0.15, -0.1) is 0 Å². The predicted octanol–water partition coefficient (Wildman–Crippen LogP) is 2.55. The van der Waals surface area contributed by atoms with Gasteiger partial charge in [0, 0.05) is 6.08 Å². The van der Waals surface area contributed by atoms with Gasteiger partial charge in [-0.25, -0.2) is 0 Å². The Kier molecular flexibility index (Phi) is 2.71. The number of nitriles is 1. The van der Waals surface area contributed by atoms with E-state index in [1.165, 1.54) is 6.08 Å². The van der Waals surface area contributed by atoms with E-state index in [4.69, 9.17) is 5.26 Å². The molecule has 0 aliphatic heterocycles. The van der Waals surface area contributed by atoms with Crippen LogP contribution in [0.3, 0.4) is 0 Å². The molecule has 1 rings (SSSR count). The summed E-state index contributed by atoms with van der Waals surface area (Å²) in [7, 11) is 0. The van der Waals surface area contributed by atoms with Crippen LogP contribution in [0.4, 0.5) is 0 Å². The largest absolute Gasteiger partial charge is 0.507 e. The molecule has 0 amide bonds. The molecule has 0 aliphatic rings. The summed E-state index contributed by atoms with van der Waals surface area (Å²) >= 11 is 0. The van der Waals surface area contributed by atoms with Crippen molar-refractivity contribution in [1.82, 2.24) is 0 Å². The van der Waals surface area contributed by atoms with Gasteiger partial charge in [-0.2, -0.15) is 5.26 Å². The molecular weight excluding hydrogens is 162 g/mol. The maximum atomic E-state index is 9.47. The SMILES string of the molecule is Cc1cc(/C=C/C#N)cc(C)c1O. The average Bonchev–Trinajstić information content (AvgIpc) is 2.10. The van der Waals surface area contributed by atoms with E-state index < -0.39 is 0 Å². The standard InChI is InChI=1S/C11H11NO/c1-8-6-10(4-3-5-12)7-9(2)11(8)13/h3-4,6-7,13H,1-2H3/b4-3+. The molecule has 1 N–H and O–H groups in total. The third-order valence-electron chi connectivity index (χ3n) is 1.86. The summed E-state index contributed by atoms with van der Waals surface area (Å²) < 4.78 is 0. The van der Waals surface area contributed by atoms with Crippen LogP contribution in [0.1, 0.15) is 16.7 Å². The number of phenolic OH excluding ortho intramolecular Hbond substituents is 1. The van der Waals surface area contributed by atoms with Gasteiger partial charge in [0.2, 0.25) is 0 Å². The van der Waals surface area contributed by atoms with Crippen LogP contribution in [0.2, 0.25) is 0 Å². The lowest BCUT2D eigenvalue weighted by Gasteiger charge is -2.03. The van der Waals surface area contributed by atoms with Crippen LogP contribution in [-0.2, 0) is 0 Å². The van der Waals surface area contributed by atoms with Crippen LogP contribution in [0.25, 0.3) is 6.08 Å². The molecule has 66 valence electrons. The van der Waals surface area contributed by atoms with Gasteiger partial charge in [-0.3, -0.25) is 0 Å². The quantitative estimate of drug-likeness (QED) is 0.663. The molecule has 0 heterocycles. The van der Waals surface area contributed by atoms with Crippen molar-refractivity contribution < 1.29 is 5.11 Å². The number of hydrogen-bond donors (Lipinski definition) is 1. The number of benzene rings is 1. The summed E-state index contributed by atoms with van der Waals surface area (Å²) in [6, 6.07) is 5.61. The lowest BCUT2D eigenvalue weighted by Crippen LogP contribution is -1.82. The van der Waals surface area contributed by atoms with Crippen LogP contribution >= 0.6 is 0 Å². The van der Waals surface area contributed by atoms with Crippen molar-refractivity contribution >= 4 is 6.08 Å². The first-order valence-electron chi connectivity index (χ1n) is 4.01. The topological polar surface area (TPSA) is 44.0 Å². The Morgan fingerprint density at radius 3 is 2.31 bits per heavy atom. The van der Waals surface area contributed by atoms with Gasteiger partial charge in [0.1, 0.15) is 5.75 Å². The van der Waals surface area contributed by atoms with Gasteiger partial charge >= 0.3 is 0 Å². The second-order valence-corrected chi connectivity index (χ2v) is 2.97. The highest BCUT2D eigenvalue weighted by molar-refractivity contribution is 5.57. The fourth-order valence-electron chi connectivity index (χ4n) is 1.22. The number of aryl methyl sites for hydroxylation is 2. The van der Waals surface area contributed by atoms with E-state index in [2.05, 4.69) is 0 Å². The van der Waals surface area contributed by atoms with Gasteiger partial charge in [0.05, 0.1) is 6.07 Å². The fourth-order valence-corrected chi connectivity index (χ4v) is 1.22. The van der Waals surface area contributed by atoms with Crippen molar-refractivity contribution in [2.45, 2.75) is 13.8 Å². The molecule has 0 unspecified atom stereocenters. The maximum absolute atomic E-state index is 9.47. The zero-order valence-corrected chi connectivity index (χ0v) is 7.70. The average molecular weight is 173 g/mol. The minimum Gasteiger partial charge on any atom is -0.507 e. The van der Waals surface area contributed by atoms with E-state index in [1.807, 2.05) is 32.0 Å². The summed E-state index contributed by atoms with van der Waals surface area (Å²) in [6.07, 6.45) is 3.14. The van der Waals surface area contributed by atoms with Crippen LogP contribution < -0.4 is 0 Å². The van der Waals surface area contributed by atoms with E-state index in [-0.39, 0.29) is 0 Å². The molecule has 0 saturated carbocycles. The fraction of sp³-hybridized carbons (Fsp3) is 0.182. The summed E-state index contributed by atoms with van der Waals surface area (Å²) in [5, 5.41) is 17.8. The normalized spacial score (nSPS) is 10.2. The molecular formula is C11H11NO. The van der Waals surface area contributed by atoms with Crippen molar-refractivity contribution in [2.24, 2.45) is 0 Å². The lowest BCUT2D eigenvalue weighted by atomic mass is 10.1. The van der Waals surface area contributed by atoms with Gasteiger partial charge < -0.3 is 5.11 Å². The van der Waals surface area contributed by atoms with Crippen LogP contribution in [0.15, 0.2) is 18.2 Å². The molecule has 13 heavy (non-hydrogen) atoms. The summed E-state index contributed by atoms with van der Waals surface area (Å²) in [6.45, 7) is 3.68. The Morgan fingerprint density at radius 1 is 1.31 bits per heavy atom. The number of nitrogens with zero attached hydrogens (tertiary/aromatic N) is 1. The summed E-state index contributed by atoms with van der Waals surface area (Å²) in [5.74, 6) is 0.328. The molecule has 2 nitrogen and oxygen atoms in total. The molecule has 0 atom stereocenters. The van der Waals surface area contributed by atoms with Crippen molar-refractivity contribution in [3.63, 3.8) is 0 Å². The van der Waals surface area contributed by atoms with Gasteiger partial charge in [0.15, 0.2) is 0 Å². The molecule has 0 radical (unpaired) electrons. The first-order valence-corrected chi connectivity index (χ1v) is 4.01. The van der Waals surface area contributed by atoms with Crippen molar-refractivity contribution in [1.29, 1.82) is 5.26 Å². The third-order valence-corrected chi connectivity index (χ3v) is 1.86. The monoisotopic (exact) mass is 173 g/mol. The molecule has 1 aromatic carbocycles. The Balaban J connectivity index is 3.15. The van der Waals surface area contributed by atoms with Crippen LogP contribution in [0.5, 0.6) is 5.75 Å². The van der Waals surface area contributed by atoms with Crippen molar-refractivity contribution in [2.75, 3.05) is 0 Å². The highest BCUT2D eigenvalue weighted by Crippen LogP contribution is 2.23. The molecule has 0 spiro atoms. The number of aromatic hydroxyl groups is 1. The number of allylic oxidation sites excluding steroid dienone is 1. The van der Waals surface area contributed by atoms with E-state index in [0.29, 0.717) is 5.75 Å². The zero-order chi connectivity index (χ0) is 9.84. The molecule has 0 bridgehead atoms. The Bertz CT molecular complexity index is 363. The summed E-state index contributed by atoms with van der Waals surface area (Å²) in [4.78, 5) is 0. The van der Waals surface area contributed by atoms with E-state index >= 15 is 0 Å².